The molecule has 1 amide bonds. The molecule has 2 heterocycles. The number of aromatic nitrogens is 2. The van der Waals surface area contributed by atoms with Gasteiger partial charge in [0, 0.05) is 13.0 Å². The average Bonchev–Trinajstić information content (AvgIpc) is 2.84. The lowest BCUT2D eigenvalue weighted by Gasteiger charge is -2.01. The molecule has 0 aliphatic carbocycles. The van der Waals surface area contributed by atoms with E-state index in [0.29, 0.717) is 16.9 Å². The van der Waals surface area contributed by atoms with Crippen LogP contribution in [-0.4, -0.2) is 16.1 Å². The maximum absolute atomic E-state index is 11.9. The Bertz CT molecular complexity index is 850. The number of rotatable bonds is 2. The molecule has 100 valence electrons. The zero-order valence-electron chi connectivity index (χ0n) is 10.4. The Morgan fingerprint density at radius 3 is 2.75 bits per heavy atom. The Balaban J connectivity index is 1.97. The van der Waals surface area contributed by atoms with Crippen molar-refractivity contribution in [1.29, 1.82) is 0 Å². The number of nitrogens with zero attached hydrogens (tertiary/aromatic N) is 2. The van der Waals surface area contributed by atoms with E-state index in [-0.39, 0.29) is 17.2 Å². The van der Waals surface area contributed by atoms with Gasteiger partial charge >= 0.3 is 6.01 Å². The van der Waals surface area contributed by atoms with E-state index in [2.05, 4.69) is 15.5 Å². The molecule has 0 aliphatic heterocycles. The summed E-state index contributed by atoms with van der Waals surface area (Å²) in [6, 6.07) is 7.76. The molecule has 0 saturated heterocycles. The van der Waals surface area contributed by atoms with E-state index in [0.717, 1.165) is 6.07 Å². The monoisotopic (exact) mass is 271 g/mol. The van der Waals surface area contributed by atoms with Crippen molar-refractivity contribution < 1.29 is 13.6 Å². The predicted molar refractivity (Wildman–Crippen MR) is 69.5 cm³/mol. The second kappa shape index (κ2) is 4.61. The minimum atomic E-state index is -0.628. The summed E-state index contributed by atoms with van der Waals surface area (Å²) < 4.78 is 10.4. The molecular weight excluding hydrogens is 262 g/mol. The van der Waals surface area contributed by atoms with Gasteiger partial charge in [-0.25, -0.2) is 0 Å². The second-order valence-electron chi connectivity index (χ2n) is 4.05. The van der Waals surface area contributed by atoms with E-state index in [1.165, 1.54) is 0 Å². The summed E-state index contributed by atoms with van der Waals surface area (Å²) >= 11 is 0. The second-order valence-corrected chi connectivity index (χ2v) is 4.05. The molecule has 1 N–H and O–H groups in total. The molecule has 7 nitrogen and oxygen atoms in total. The zero-order chi connectivity index (χ0) is 14.1. The number of amides is 1. The third-order valence-corrected chi connectivity index (χ3v) is 2.60. The highest BCUT2D eigenvalue weighted by molar-refractivity contribution is 6.01. The Morgan fingerprint density at radius 1 is 1.20 bits per heavy atom. The van der Waals surface area contributed by atoms with Gasteiger partial charge in [0.15, 0.2) is 11.2 Å². The fourth-order valence-electron chi connectivity index (χ4n) is 1.72. The van der Waals surface area contributed by atoms with Gasteiger partial charge in [0.25, 0.3) is 5.91 Å². The van der Waals surface area contributed by atoms with Crippen LogP contribution in [0, 0.1) is 6.92 Å². The number of anilines is 1. The number of carbonyl (C=O) groups excluding carboxylic acids is 1. The van der Waals surface area contributed by atoms with Gasteiger partial charge in [-0.2, -0.15) is 0 Å². The minimum absolute atomic E-state index is 0.0525. The summed E-state index contributed by atoms with van der Waals surface area (Å²) in [5, 5.41) is 9.98. The SMILES string of the molecule is Cc1nnc(NC(=O)c2cc(=O)c3ccccc3o2)o1. The molecule has 3 rings (SSSR count). The van der Waals surface area contributed by atoms with Crippen LogP contribution in [0.25, 0.3) is 11.0 Å². The molecule has 0 fully saturated rings. The molecule has 3 aromatic rings. The molecule has 0 bridgehead atoms. The number of aryl methyl sites for hydroxylation is 1. The molecule has 0 radical (unpaired) electrons. The first-order valence-corrected chi connectivity index (χ1v) is 5.78. The maximum atomic E-state index is 11.9. The number of hydrogen-bond acceptors (Lipinski definition) is 6. The third kappa shape index (κ3) is 2.16. The fraction of sp³-hybridized carbons (Fsp3) is 0.0769. The van der Waals surface area contributed by atoms with Crippen LogP contribution in [-0.2, 0) is 0 Å². The quantitative estimate of drug-likeness (QED) is 0.762. The molecule has 20 heavy (non-hydrogen) atoms. The number of fused-ring (bicyclic) bond motifs is 1. The highest BCUT2D eigenvalue weighted by Gasteiger charge is 2.14. The van der Waals surface area contributed by atoms with E-state index in [4.69, 9.17) is 8.83 Å². The Hall–Kier alpha value is -2.96. The highest BCUT2D eigenvalue weighted by Crippen LogP contribution is 2.13. The van der Waals surface area contributed by atoms with Crippen molar-refractivity contribution in [3.8, 4) is 0 Å². The lowest BCUT2D eigenvalue weighted by molar-refractivity contribution is 0.0994. The topological polar surface area (TPSA) is 98.2 Å². The standard InChI is InChI=1S/C13H9N3O4/c1-7-15-16-13(19-7)14-12(18)11-6-9(17)8-4-2-3-5-10(8)20-11/h2-6H,1H3,(H,14,16,18). The van der Waals surface area contributed by atoms with Crippen LogP contribution in [0.4, 0.5) is 6.01 Å². The van der Waals surface area contributed by atoms with Gasteiger partial charge in [-0.15, -0.1) is 5.10 Å². The van der Waals surface area contributed by atoms with Gasteiger partial charge in [-0.05, 0) is 12.1 Å². The summed E-state index contributed by atoms with van der Waals surface area (Å²) in [5.41, 5.74) is 0.0468. The Kier molecular flexibility index (Phi) is 2.79. The van der Waals surface area contributed by atoms with Crippen molar-refractivity contribution in [1.82, 2.24) is 10.2 Å². The van der Waals surface area contributed by atoms with Crippen LogP contribution < -0.4 is 10.7 Å². The highest BCUT2D eigenvalue weighted by atomic mass is 16.4. The van der Waals surface area contributed by atoms with Crippen molar-refractivity contribution in [2.45, 2.75) is 6.92 Å². The molecule has 0 spiro atoms. The smallest absolute Gasteiger partial charge is 0.322 e. The predicted octanol–water partition coefficient (Wildman–Crippen LogP) is 1.74. The number of hydrogen-bond donors (Lipinski definition) is 1. The molecule has 2 aromatic heterocycles. The van der Waals surface area contributed by atoms with Gasteiger partial charge in [0.2, 0.25) is 5.89 Å². The Morgan fingerprint density at radius 2 is 2.00 bits per heavy atom. The minimum Gasteiger partial charge on any atom is -0.451 e. The normalized spacial score (nSPS) is 10.7. The first-order valence-electron chi connectivity index (χ1n) is 5.78. The summed E-state index contributed by atoms with van der Waals surface area (Å²) in [5.74, 6) is -0.429. The first kappa shape index (κ1) is 12.1. The number of para-hydroxylation sites is 1. The van der Waals surface area contributed by atoms with Crippen LogP contribution in [0.3, 0.4) is 0 Å². The van der Waals surface area contributed by atoms with Crippen LogP contribution in [0.15, 0.2) is 44.0 Å². The van der Waals surface area contributed by atoms with Crippen molar-refractivity contribution >= 4 is 22.9 Å². The zero-order valence-corrected chi connectivity index (χ0v) is 10.4. The fourth-order valence-corrected chi connectivity index (χ4v) is 1.72. The van der Waals surface area contributed by atoms with Gasteiger partial charge in [-0.1, -0.05) is 17.2 Å². The molecule has 1 aromatic carbocycles. The lowest BCUT2D eigenvalue weighted by Crippen LogP contribution is -2.15. The molecule has 7 heteroatoms. The maximum Gasteiger partial charge on any atom is 0.322 e. The first-order chi connectivity index (χ1) is 9.63. The largest absolute Gasteiger partial charge is 0.451 e. The van der Waals surface area contributed by atoms with Crippen LogP contribution in [0.5, 0.6) is 0 Å². The van der Waals surface area contributed by atoms with Gasteiger partial charge in [0.1, 0.15) is 5.58 Å². The van der Waals surface area contributed by atoms with Crippen molar-refractivity contribution in [2.24, 2.45) is 0 Å². The lowest BCUT2D eigenvalue weighted by atomic mass is 10.2. The van der Waals surface area contributed by atoms with Gasteiger partial charge in [-0.3, -0.25) is 14.9 Å². The van der Waals surface area contributed by atoms with Crippen LogP contribution >= 0.6 is 0 Å². The number of nitrogens with one attached hydrogen (secondary N) is 1. The summed E-state index contributed by atoms with van der Waals surface area (Å²) in [7, 11) is 0. The molecule has 0 saturated carbocycles. The number of carbonyl (C=O) groups is 1. The van der Waals surface area contributed by atoms with Crippen molar-refractivity contribution in [3.63, 3.8) is 0 Å². The summed E-state index contributed by atoms with van der Waals surface area (Å²) in [6.07, 6.45) is 0. The van der Waals surface area contributed by atoms with Crippen LogP contribution in [0.1, 0.15) is 16.4 Å². The van der Waals surface area contributed by atoms with E-state index in [9.17, 15) is 9.59 Å². The molecule has 0 aliphatic rings. The van der Waals surface area contributed by atoms with E-state index in [1.54, 1.807) is 31.2 Å². The summed E-state index contributed by atoms with van der Waals surface area (Å²) in [4.78, 5) is 23.8. The number of benzene rings is 1. The molecule has 0 unspecified atom stereocenters. The average molecular weight is 271 g/mol. The van der Waals surface area contributed by atoms with Gasteiger partial charge in [0.05, 0.1) is 5.39 Å². The van der Waals surface area contributed by atoms with E-state index in [1.807, 2.05) is 0 Å². The summed E-state index contributed by atoms with van der Waals surface area (Å²) in [6.45, 7) is 1.60. The third-order valence-electron chi connectivity index (χ3n) is 2.60. The van der Waals surface area contributed by atoms with Crippen molar-refractivity contribution in [3.05, 3.63) is 52.2 Å². The van der Waals surface area contributed by atoms with Crippen molar-refractivity contribution in [2.75, 3.05) is 5.32 Å². The van der Waals surface area contributed by atoms with Gasteiger partial charge < -0.3 is 8.83 Å². The molecular formula is C13H9N3O4. The van der Waals surface area contributed by atoms with E-state index < -0.39 is 5.91 Å². The van der Waals surface area contributed by atoms with Crippen LogP contribution in [0.2, 0.25) is 0 Å². The molecule has 0 atom stereocenters. The van der Waals surface area contributed by atoms with E-state index >= 15 is 0 Å². The Labute approximate surface area is 112 Å².